The third-order valence-electron chi connectivity index (χ3n) is 1.94. The molecule has 14 heavy (non-hydrogen) atoms. The Morgan fingerprint density at radius 3 is 2.71 bits per heavy atom. The minimum atomic E-state index is -0.201. The number of hydrogen-bond acceptors (Lipinski definition) is 2. The van der Waals surface area contributed by atoms with Crippen molar-refractivity contribution < 1.29 is 9.53 Å². The van der Waals surface area contributed by atoms with Gasteiger partial charge in [-0.3, -0.25) is 4.79 Å². The fraction of sp³-hybridized carbons (Fsp3) is 0.182. The molecule has 1 aliphatic heterocycles. The van der Waals surface area contributed by atoms with Crippen LogP contribution in [0.25, 0.3) is 0 Å². The molecule has 1 aromatic rings. The Kier molecular flexibility index (Phi) is 2.49. The molecule has 0 aromatic heterocycles. The smallest absolute Gasteiger partial charge is 0.269 e. The first-order valence-electron chi connectivity index (χ1n) is 4.43. The zero-order chi connectivity index (χ0) is 9.80. The average Bonchev–Trinajstić information content (AvgIpc) is 2.63. The van der Waals surface area contributed by atoms with Gasteiger partial charge in [0.05, 0.1) is 0 Å². The number of benzene rings is 1. The van der Waals surface area contributed by atoms with E-state index in [-0.39, 0.29) is 5.91 Å². The van der Waals surface area contributed by atoms with E-state index in [1.54, 1.807) is 0 Å². The third kappa shape index (κ3) is 2.13. The van der Waals surface area contributed by atoms with Gasteiger partial charge in [-0.25, -0.2) is 5.32 Å². The van der Waals surface area contributed by atoms with Crippen molar-refractivity contribution in [1.29, 1.82) is 0 Å². The summed E-state index contributed by atoms with van der Waals surface area (Å²) >= 11 is 0. The van der Waals surface area contributed by atoms with Crippen LogP contribution in [-0.4, -0.2) is 12.5 Å². The predicted molar refractivity (Wildman–Crippen MR) is 51.3 cm³/mol. The van der Waals surface area contributed by atoms with Gasteiger partial charge in [0.2, 0.25) is 0 Å². The molecule has 1 radical (unpaired) electrons. The van der Waals surface area contributed by atoms with Crippen molar-refractivity contribution in [3.63, 3.8) is 0 Å². The normalized spacial score (nSPS) is 14.9. The van der Waals surface area contributed by atoms with E-state index in [1.165, 1.54) is 6.08 Å². The van der Waals surface area contributed by atoms with Crippen LogP contribution in [0.1, 0.15) is 5.56 Å². The fourth-order valence-electron chi connectivity index (χ4n) is 1.22. The largest absolute Gasteiger partial charge is 0.491 e. The van der Waals surface area contributed by atoms with Gasteiger partial charge in [-0.1, -0.05) is 30.3 Å². The van der Waals surface area contributed by atoms with Crippen molar-refractivity contribution in [2.24, 2.45) is 0 Å². The summed E-state index contributed by atoms with van der Waals surface area (Å²) < 4.78 is 5.41. The van der Waals surface area contributed by atoms with Crippen molar-refractivity contribution >= 4 is 5.91 Å². The predicted octanol–water partition coefficient (Wildman–Crippen LogP) is 1.23. The molecule has 2 rings (SSSR count). The molecule has 3 nitrogen and oxygen atoms in total. The van der Waals surface area contributed by atoms with Gasteiger partial charge in [-0.2, -0.15) is 0 Å². The topological polar surface area (TPSA) is 40.4 Å². The number of ether oxygens (including phenoxy) is 1. The van der Waals surface area contributed by atoms with E-state index < -0.39 is 0 Å². The van der Waals surface area contributed by atoms with Gasteiger partial charge in [0, 0.05) is 6.08 Å². The molecule has 1 aliphatic rings. The molecule has 0 aliphatic carbocycles. The molecule has 0 saturated heterocycles. The molecule has 0 atom stereocenters. The molecular formula is C11H10NO2. The highest BCUT2D eigenvalue weighted by Crippen LogP contribution is 2.08. The highest BCUT2D eigenvalue weighted by atomic mass is 16.5. The molecule has 1 amide bonds. The molecule has 71 valence electrons. The molecular weight excluding hydrogens is 178 g/mol. The molecule has 1 heterocycles. The summed E-state index contributed by atoms with van der Waals surface area (Å²) in [4.78, 5) is 10.7. The van der Waals surface area contributed by atoms with E-state index >= 15 is 0 Å². The maximum absolute atomic E-state index is 10.7. The van der Waals surface area contributed by atoms with Gasteiger partial charge >= 0.3 is 0 Å². The molecule has 0 unspecified atom stereocenters. The van der Waals surface area contributed by atoms with Gasteiger partial charge in [0.1, 0.15) is 18.9 Å². The minimum Gasteiger partial charge on any atom is -0.491 e. The van der Waals surface area contributed by atoms with Crippen LogP contribution in [0.2, 0.25) is 0 Å². The number of amides is 1. The number of nitrogens with zero attached hydrogens (tertiary/aromatic N) is 1. The van der Waals surface area contributed by atoms with Crippen LogP contribution in [0.3, 0.4) is 0 Å². The minimum absolute atomic E-state index is 0.201. The molecule has 1 aromatic carbocycles. The molecule has 0 N–H and O–H groups in total. The Morgan fingerprint density at radius 1 is 1.29 bits per heavy atom. The SMILES string of the molecule is O=C1C=C(OCc2ccccc2)C[N]1. The monoisotopic (exact) mass is 188 g/mol. The second-order valence-corrected chi connectivity index (χ2v) is 3.04. The van der Waals surface area contributed by atoms with E-state index in [2.05, 4.69) is 5.32 Å². The number of rotatable bonds is 3. The summed E-state index contributed by atoms with van der Waals surface area (Å²) in [7, 11) is 0. The van der Waals surface area contributed by atoms with Crippen molar-refractivity contribution in [3.8, 4) is 0 Å². The molecule has 3 heteroatoms. The first kappa shape index (κ1) is 8.81. The lowest BCUT2D eigenvalue weighted by molar-refractivity contribution is -0.116. The summed E-state index contributed by atoms with van der Waals surface area (Å²) in [6.45, 7) is 0.876. The number of carbonyl (C=O) groups excluding carboxylic acids is 1. The van der Waals surface area contributed by atoms with Crippen molar-refractivity contribution in [2.75, 3.05) is 6.54 Å². The van der Waals surface area contributed by atoms with Crippen molar-refractivity contribution in [2.45, 2.75) is 6.61 Å². The van der Waals surface area contributed by atoms with Crippen LogP contribution in [0, 0.1) is 0 Å². The van der Waals surface area contributed by atoms with E-state index in [9.17, 15) is 4.79 Å². The summed E-state index contributed by atoms with van der Waals surface area (Å²) in [5, 5.41) is 3.67. The molecule has 0 bridgehead atoms. The molecule has 0 spiro atoms. The fourth-order valence-corrected chi connectivity index (χ4v) is 1.22. The van der Waals surface area contributed by atoms with E-state index in [1.807, 2.05) is 30.3 Å². The van der Waals surface area contributed by atoms with E-state index in [0.29, 0.717) is 18.9 Å². The highest BCUT2D eigenvalue weighted by Gasteiger charge is 2.13. The van der Waals surface area contributed by atoms with Gasteiger partial charge in [-0.05, 0) is 5.56 Å². The highest BCUT2D eigenvalue weighted by molar-refractivity contribution is 5.90. The summed E-state index contributed by atoms with van der Waals surface area (Å²) in [5.41, 5.74) is 1.09. The lowest BCUT2D eigenvalue weighted by atomic mass is 10.2. The molecule has 0 fully saturated rings. The maximum Gasteiger partial charge on any atom is 0.269 e. The van der Waals surface area contributed by atoms with Gasteiger partial charge in [-0.15, -0.1) is 0 Å². The number of hydrogen-bond donors (Lipinski definition) is 0. The van der Waals surface area contributed by atoms with Crippen LogP contribution in [0.5, 0.6) is 0 Å². The summed E-state index contributed by atoms with van der Waals surface area (Å²) in [6.07, 6.45) is 1.43. The first-order valence-corrected chi connectivity index (χ1v) is 4.43. The Bertz CT molecular complexity index is 357. The van der Waals surface area contributed by atoms with Gasteiger partial charge in [0.25, 0.3) is 5.91 Å². The van der Waals surface area contributed by atoms with Crippen LogP contribution in [0.15, 0.2) is 42.2 Å². The van der Waals surface area contributed by atoms with Gasteiger partial charge < -0.3 is 4.74 Å². The third-order valence-corrected chi connectivity index (χ3v) is 1.94. The van der Waals surface area contributed by atoms with Crippen LogP contribution >= 0.6 is 0 Å². The lowest BCUT2D eigenvalue weighted by Crippen LogP contribution is -2.06. The number of carbonyl (C=O) groups is 1. The van der Waals surface area contributed by atoms with E-state index in [0.717, 1.165) is 5.56 Å². The first-order chi connectivity index (χ1) is 6.84. The average molecular weight is 188 g/mol. The Hall–Kier alpha value is -1.77. The summed E-state index contributed by atoms with van der Waals surface area (Å²) in [6, 6.07) is 9.83. The van der Waals surface area contributed by atoms with Crippen LogP contribution < -0.4 is 5.32 Å². The quantitative estimate of drug-likeness (QED) is 0.715. The Labute approximate surface area is 82.4 Å². The zero-order valence-electron chi connectivity index (χ0n) is 7.64. The van der Waals surface area contributed by atoms with Crippen molar-refractivity contribution in [3.05, 3.63) is 47.7 Å². The van der Waals surface area contributed by atoms with Crippen LogP contribution in [0.4, 0.5) is 0 Å². The zero-order valence-corrected chi connectivity index (χ0v) is 7.64. The standard InChI is InChI=1S/C11H10NO2/c13-11-6-10(7-12-11)14-8-9-4-2-1-3-5-9/h1-6H,7-8H2. The molecule has 0 saturated carbocycles. The Morgan fingerprint density at radius 2 is 2.07 bits per heavy atom. The van der Waals surface area contributed by atoms with Crippen LogP contribution in [-0.2, 0) is 16.1 Å². The summed E-state index contributed by atoms with van der Waals surface area (Å²) in [5.74, 6) is 0.451. The van der Waals surface area contributed by atoms with Crippen molar-refractivity contribution in [1.82, 2.24) is 5.32 Å². The second-order valence-electron chi connectivity index (χ2n) is 3.04. The lowest BCUT2D eigenvalue weighted by Gasteiger charge is -2.04. The second kappa shape index (κ2) is 3.96. The maximum atomic E-state index is 10.7. The van der Waals surface area contributed by atoms with E-state index in [4.69, 9.17) is 4.74 Å². The Balaban J connectivity index is 1.89. The van der Waals surface area contributed by atoms with Gasteiger partial charge in [0.15, 0.2) is 0 Å².